The summed E-state index contributed by atoms with van der Waals surface area (Å²) in [5.74, 6) is -0.0945. The van der Waals surface area contributed by atoms with E-state index in [-0.39, 0.29) is 42.0 Å². The van der Waals surface area contributed by atoms with E-state index >= 15 is 0 Å². The van der Waals surface area contributed by atoms with Crippen molar-refractivity contribution in [2.24, 2.45) is 11.1 Å². The first-order valence-corrected chi connectivity index (χ1v) is 6.50. The fourth-order valence-electron chi connectivity index (χ4n) is 2.36. The summed E-state index contributed by atoms with van der Waals surface area (Å²) in [6.45, 7) is 5.30. The molecule has 1 aromatic heterocycles. The molecule has 1 fully saturated rings. The van der Waals surface area contributed by atoms with Gasteiger partial charge in [0.25, 0.3) is 0 Å². The first kappa shape index (κ1) is 17.4. The number of piperidine rings is 1. The van der Waals surface area contributed by atoms with E-state index in [1.165, 1.54) is 10.9 Å². The highest BCUT2D eigenvalue weighted by molar-refractivity contribution is 5.85. The Balaban J connectivity index is 0.00000220. The summed E-state index contributed by atoms with van der Waals surface area (Å²) in [7, 11) is 0. The second-order valence-electron chi connectivity index (χ2n) is 5.85. The lowest BCUT2D eigenvalue weighted by molar-refractivity contribution is -0.385. The summed E-state index contributed by atoms with van der Waals surface area (Å²) in [5.41, 5.74) is 5.80. The number of rotatable bonds is 3. The van der Waals surface area contributed by atoms with E-state index < -0.39 is 4.92 Å². The van der Waals surface area contributed by atoms with Crippen molar-refractivity contribution in [2.75, 3.05) is 13.1 Å². The molecule has 2 heterocycles. The average Bonchev–Trinajstić information content (AvgIpc) is 2.81. The predicted octanol–water partition coefficient (Wildman–Crippen LogP) is 0.799. The predicted molar refractivity (Wildman–Crippen MR) is 79.1 cm³/mol. The summed E-state index contributed by atoms with van der Waals surface area (Å²) in [4.78, 5) is 24.0. The quantitative estimate of drug-likeness (QED) is 0.655. The van der Waals surface area contributed by atoms with Gasteiger partial charge in [0.2, 0.25) is 5.91 Å². The van der Waals surface area contributed by atoms with Crippen LogP contribution in [0.1, 0.15) is 20.3 Å². The number of halogens is 1. The second kappa shape index (κ2) is 6.40. The van der Waals surface area contributed by atoms with Crippen LogP contribution in [0.5, 0.6) is 0 Å². The monoisotopic (exact) mass is 317 g/mol. The maximum Gasteiger partial charge on any atom is 0.307 e. The van der Waals surface area contributed by atoms with Gasteiger partial charge >= 0.3 is 5.69 Å². The molecule has 1 aliphatic rings. The van der Waals surface area contributed by atoms with Gasteiger partial charge in [0.1, 0.15) is 18.9 Å². The maximum atomic E-state index is 12.2. The lowest BCUT2D eigenvalue weighted by Gasteiger charge is -2.42. The largest absolute Gasteiger partial charge is 0.340 e. The van der Waals surface area contributed by atoms with E-state index in [2.05, 4.69) is 5.10 Å². The molecule has 1 amide bonds. The van der Waals surface area contributed by atoms with Gasteiger partial charge in [-0.1, -0.05) is 13.8 Å². The molecule has 1 saturated heterocycles. The first-order valence-electron chi connectivity index (χ1n) is 6.50. The SMILES string of the molecule is CC1(C)CN(C(=O)Cn2cc([N+](=O)[O-])cn2)CCC1N.Cl. The molecule has 0 bridgehead atoms. The molecule has 0 aromatic carbocycles. The Hall–Kier alpha value is -1.67. The second-order valence-corrected chi connectivity index (χ2v) is 5.85. The van der Waals surface area contributed by atoms with Gasteiger partial charge < -0.3 is 10.6 Å². The molecule has 118 valence electrons. The van der Waals surface area contributed by atoms with E-state index in [4.69, 9.17) is 5.73 Å². The van der Waals surface area contributed by atoms with Crippen LogP contribution in [-0.4, -0.2) is 44.6 Å². The standard InChI is InChI=1S/C12H19N5O3.ClH/c1-12(2)8-15(4-3-10(12)13)11(18)7-16-6-9(5-14-16)17(19)20;/h5-6,10H,3-4,7-8,13H2,1-2H3;1H. The number of aromatic nitrogens is 2. The Kier molecular flexibility index (Phi) is 5.30. The highest BCUT2D eigenvalue weighted by Crippen LogP contribution is 2.27. The van der Waals surface area contributed by atoms with E-state index in [1.54, 1.807) is 4.90 Å². The van der Waals surface area contributed by atoms with Crippen molar-refractivity contribution in [1.82, 2.24) is 14.7 Å². The molecule has 21 heavy (non-hydrogen) atoms. The lowest BCUT2D eigenvalue weighted by Crippen LogP contribution is -2.54. The molecule has 8 nitrogen and oxygen atoms in total. The number of carbonyl (C=O) groups is 1. The van der Waals surface area contributed by atoms with Crippen molar-refractivity contribution in [3.8, 4) is 0 Å². The summed E-state index contributed by atoms with van der Waals surface area (Å²) in [6, 6.07) is 0.0809. The van der Waals surface area contributed by atoms with Gasteiger partial charge in [0.15, 0.2) is 0 Å². The fraction of sp³-hybridized carbons (Fsp3) is 0.667. The molecule has 9 heteroatoms. The minimum Gasteiger partial charge on any atom is -0.340 e. The van der Waals surface area contributed by atoms with Crippen LogP contribution >= 0.6 is 12.4 Å². The zero-order chi connectivity index (χ0) is 14.9. The average molecular weight is 318 g/mol. The Morgan fingerprint density at radius 1 is 1.62 bits per heavy atom. The Morgan fingerprint density at radius 3 is 2.81 bits per heavy atom. The van der Waals surface area contributed by atoms with Gasteiger partial charge in [-0.05, 0) is 11.8 Å². The third kappa shape index (κ3) is 3.92. The number of hydrogen-bond acceptors (Lipinski definition) is 5. The van der Waals surface area contributed by atoms with Gasteiger partial charge in [0.05, 0.1) is 4.92 Å². The zero-order valence-corrected chi connectivity index (χ0v) is 12.9. The van der Waals surface area contributed by atoms with E-state index in [1.807, 2.05) is 13.8 Å². The van der Waals surface area contributed by atoms with Crippen molar-refractivity contribution in [1.29, 1.82) is 0 Å². The van der Waals surface area contributed by atoms with Crippen LogP contribution in [0.4, 0.5) is 5.69 Å². The molecule has 1 atom stereocenters. The smallest absolute Gasteiger partial charge is 0.307 e. The molecule has 1 aliphatic heterocycles. The van der Waals surface area contributed by atoms with Crippen LogP contribution in [0, 0.1) is 15.5 Å². The zero-order valence-electron chi connectivity index (χ0n) is 12.1. The molecule has 0 aliphatic carbocycles. The Labute approximate surface area is 128 Å². The van der Waals surface area contributed by atoms with Crippen LogP contribution in [0.15, 0.2) is 12.4 Å². The van der Waals surface area contributed by atoms with Crippen LogP contribution in [0.25, 0.3) is 0 Å². The van der Waals surface area contributed by atoms with Gasteiger partial charge in [-0.25, -0.2) is 0 Å². The molecule has 0 spiro atoms. The minimum absolute atomic E-state index is 0. The van der Waals surface area contributed by atoms with E-state index in [9.17, 15) is 14.9 Å². The topological polar surface area (TPSA) is 107 Å². The normalized spacial score (nSPS) is 20.7. The number of nitrogens with zero attached hydrogens (tertiary/aromatic N) is 4. The molecule has 1 aromatic rings. The number of carbonyl (C=O) groups excluding carboxylic acids is 1. The number of hydrogen-bond donors (Lipinski definition) is 1. The van der Waals surface area contributed by atoms with Crippen molar-refractivity contribution in [2.45, 2.75) is 32.9 Å². The Bertz CT molecular complexity index is 531. The van der Waals surface area contributed by atoms with E-state index in [0.717, 1.165) is 12.6 Å². The lowest BCUT2D eigenvalue weighted by atomic mass is 9.80. The van der Waals surface area contributed by atoms with Crippen molar-refractivity contribution in [3.63, 3.8) is 0 Å². The molecular formula is C12H20ClN5O3. The van der Waals surface area contributed by atoms with Gasteiger partial charge in [-0.2, -0.15) is 5.10 Å². The number of nitrogens with two attached hydrogens (primary N) is 1. The van der Waals surface area contributed by atoms with Crippen LogP contribution < -0.4 is 5.73 Å². The van der Waals surface area contributed by atoms with Crippen molar-refractivity contribution >= 4 is 24.0 Å². The summed E-state index contributed by atoms with van der Waals surface area (Å²) in [6.07, 6.45) is 3.17. The highest BCUT2D eigenvalue weighted by Gasteiger charge is 2.35. The van der Waals surface area contributed by atoms with Crippen LogP contribution in [-0.2, 0) is 11.3 Å². The molecule has 2 rings (SSSR count). The summed E-state index contributed by atoms with van der Waals surface area (Å²) >= 11 is 0. The summed E-state index contributed by atoms with van der Waals surface area (Å²) in [5, 5.41) is 14.4. The van der Waals surface area contributed by atoms with Crippen molar-refractivity contribution < 1.29 is 9.72 Å². The van der Waals surface area contributed by atoms with Crippen LogP contribution in [0.2, 0.25) is 0 Å². The van der Waals surface area contributed by atoms with Gasteiger partial charge in [0, 0.05) is 19.1 Å². The van der Waals surface area contributed by atoms with Crippen LogP contribution in [0.3, 0.4) is 0 Å². The van der Waals surface area contributed by atoms with Gasteiger partial charge in [-0.3, -0.25) is 19.6 Å². The molecule has 1 unspecified atom stereocenters. The van der Waals surface area contributed by atoms with E-state index in [0.29, 0.717) is 13.1 Å². The maximum absolute atomic E-state index is 12.2. The van der Waals surface area contributed by atoms with Crippen molar-refractivity contribution in [3.05, 3.63) is 22.5 Å². The minimum atomic E-state index is -0.531. The number of likely N-dealkylation sites (tertiary alicyclic amines) is 1. The molecule has 0 radical (unpaired) electrons. The van der Waals surface area contributed by atoms with Gasteiger partial charge in [-0.15, -0.1) is 12.4 Å². The Morgan fingerprint density at radius 2 is 2.29 bits per heavy atom. The number of amides is 1. The summed E-state index contributed by atoms with van der Waals surface area (Å²) < 4.78 is 1.29. The third-order valence-electron chi connectivity index (χ3n) is 3.79. The molecular weight excluding hydrogens is 298 g/mol. The highest BCUT2D eigenvalue weighted by atomic mass is 35.5. The first-order chi connectivity index (χ1) is 9.29. The fourth-order valence-corrected chi connectivity index (χ4v) is 2.36. The third-order valence-corrected chi connectivity index (χ3v) is 3.79. The number of nitro groups is 1. The molecule has 2 N–H and O–H groups in total. The molecule has 0 saturated carbocycles.